The summed E-state index contributed by atoms with van der Waals surface area (Å²) in [6, 6.07) is 0. The molecule has 1 N–H and O–H groups in total. The van der Waals surface area contributed by atoms with Crippen LogP contribution in [0, 0.1) is 46.3 Å². The fourth-order valence-electron chi connectivity index (χ4n) is 8.25. The quantitative estimate of drug-likeness (QED) is 0.510. The number of allylic oxidation sites excluding steroid dienone is 3. The zero-order chi connectivity index (χ0) is 20.1. The van der Waals surface area contributed by atoms with Crippen LogP contribution in [0.1, 0.15) is 92.4 Å². The smallest absolute Gasteiger partial charge is 0.0577 e. The van der Waals surface area contributed by atoms with E-state index in [-0.39, 0.29) is 6.10 Å². The van der Waals surface area contributed by atoms with E-state index in [0.29, 0.717) is 10.8 Å². The molecule has 4 aliphatic carbocycles. The summed E-state index contributed by atoms with van der Waals surface area (Å²) in [7, 11) is 0. The Morgan fingerprint density at radius 2 is 1.86 bits per heavy atom. The Hall–Kier alpha value is -0.560. The second kappa shape index (κ2) is 7.60. The summed E-state index contributed by atoms with van der Waals surface area (Å²) in [5.74, 6) is 5.03. The van der Waals surface area contributed by atoms with Gasteiger partial charge in [0.1, 0.15) is 0 Å². The van der Waals surface area contributed by atoms with E-state index in [1.54, 1.807) is 5.57 Å². The molecule has 1 heteroatoms. The summed E-state index contributed by atoms with van der Waals surface area (Å²) in [6.45, 7) is 12.3. The van der Waals surface area contributed by atoms with Crippen LogP contribution in [-0.2, 0) is 0 Å². The van der Waals surface area contributed by atoms with Crippen molar-refractivity contribution in [3.8, 4) is 0 Å². The maximum Gasteiger partial charge on any atom is 0.0577 e. The molecule has 1 nitrogen and oxygen atoms in total. The Kier molecular flexibility index (Phi) is 5.62. The van der Waals surface area contributed by atoms with Crippen molar-refractivity contribution in [2.24, 2.45) is 46.3 Å². The highest BCUT2D eigenvalue weighted by Crippen LogP contribution is 2.67. The zero-order valence-corrected chi connectivity index (χ0v) is 19.1. The van der Waals surface area contributed by atoms with Gasteiger partial charge >= 0.3 is 0 Å². The van der Waals surface area contributed by atoms with E-state index >= 15 is 0 Å². The van der Waals surface area contributed by atoms with Crippen molar-refractivity contribution in [2.45, 2.75) is 98.5 Å². The maximum absolute atomic E-state index is 10.2. The van der Waals surface area contributed by atoms with Crippen LogP contribution in [-0.4, -0.2) is 11.2 Å². The van der Waals surface area contributed by atoms with E-state index in [9.17, 15) is 5.11 Å². The van der Waals surface area contributed by atoms with Gasteiger partial charge in [-0.05, 0) is 104 Å². The van der Waals surface area contributed by atoms with Crippen LogP contribution in [0.3, 0.4) is 0 Å². The number of rotatable bonds is 4. The summed E-state index contributed by atoms with van der Waals surface area (Å²) in [6.07, 6.45) is 18.9. The Bertz CT molecular complexity index is 630. The van der Waals surface area contributed by atoms with E-state index in [0.717, 1.165) is 48.3 Å². The van der Waals surface area contributed by atoms with Crippen molar-refractivity contribution in [3.63, 3.8) is 0 Å². The first-order valence-electron chi connectivity index (χ1n) is 12.3. The average Bonchev–Trinajstić information content (AvgIpc) is 2.99. The molecule has 8 atom stereocenters. The van der Waals surface area contributed by atoms with Crippen molar-refractivity contribution < 1.29 is 5.11 Å². The van der Waals surface area contributed by atoms with Gasteiger partial charge in [-0.1, -0.05) is 58.4 Å². The van der Waals surface area contributed by atoms with Gasteiger partial charge in [0, 0.05) is 0 Å². The summed E-state index contributed by atoms with van der Waals surface area (Å²) in [5, 5.41) is 10.2. The van der Waals surface area contributed by atoms with Crippen LogP contribution in [0.15, 0.2) is 23.8 Å². The second-order valence-electron chi connectivity index (χ2n) is 11.8. The van der Waals surface area contributed by atoms with Crippen LogP contribution in [0.4, 0.5) is 0 Å². The summed E-state index contributed by atoms with van der Waals surface area (Å²) in [5.41, 5.74) is 2.53. The summed E-state index contributed by atoms with van der Waals surface area (Å²) < 4.78 is 0. The molecule has 4 rings (SSSR count). The standard InChI is InChI=1S/C27H44O/c1-18(2)7-6-8-19(3)23-11-12-24-22-10-9-20-17-21(28)13-15-26(20,4)25(22)14-16-27(23,24)5/h6,8-9,18-19,21-25,28H,7,10-17H2,1-5H3/b8-6+/t19-,21-,22-,23+,24-,25-,26-,27+/m0/s1. The minimum Gasteiger partial charge on any atom is -0.393 e. The van der Waals surface area contributed by atoms with Crippen molar-refractivity contribution in [3.05, 3.63) is 23.8 Å². The highest BCUT2D eigenvalue weighted by Gasteiger charge is 2.58. The molecular weight excluding hydrogens is 340 g/mol. The van der Waals surface area contributed by atoms with Gasteiger partial charge in [-0.2, -0.15) is 0 Å². The molecule has 28 heavy (non-hydrogen) atoms. The predicted molar refractivity (Wildman–Crippen MR) is 119 cm³/mol. The SMILES string of the molecule is CC(C)C/C=C/[C@H](C)[C@H]1CC[C@H]2[C@@H]3CC=C4C[C@@H](O)CC[C@]4(C)[C@H]3CC[C@]12C. The van der Waals surface area contributed by atoms with E-state index in [4.69, 9.17) is 0 Å². The molecule has 0 radical (unpaired) electrons. The van der Waals surface area contributed by atoms with E-state index in [1.165, 1.54) is 44.9 Å². The molecule has 0 unspecified atom stereocenters. The Morgan fingerprint density at radius 3 is 2.61 bits per heavy atom. The van der Waals surface area contributed by atoms with Crippen LogP contribution in [0.25, 0.3) is 0 Å². The molecule has 0 amide bonds. The minimum atomic E-state index is -0.0842. The van der Waals surface area contributed by atoms with Crippen LogP contribution in [0.5, 0.6) is 0 Å². The van der Waals surface area contributed by atoms with Crippen LogP contribution in [0.2, 0.25) is 0 Å². The second-order valence-corrected chi connectivity index (χ2v) is 11.8. The lowest BCUT2D eigenvalue weighted by Gasteiger charge is -2.58. The molecule has 4 aliphatic rings. The van der Waals surface area contributed by atoms with Crippen LogP contribution < -0.4 is 0 Å². The minimum absolute atomic E-state index is 0.0842. The molecule has 0 bridgehead atoms. The first-order valence-corrected chi connectivity index (χ1v) is 12.3. The first-order chi connectivity index (χ1) is 13.3. The van der Waals surface area contributed by atoms with Gasteiger partial charge in [-0.15, -0.1) is 0 Å². The monoisotopic (exact) mass is 384 g/mol. The van der Waals surface area contributed by atoms with Crippen molar-refractivity contribution in [1.82, 2.24) is 0 Å². The van der Waals surface area contributed by atoms with Crippen LogP contribution >= 0.6 is 0 Å². The topological polar surface area (TPSA) is 20.2 Å². The fraction of sp³-hybridized carbons (Fsp3) is 0.852. The number of hydrogen-bond donors (Lipinski definition) is 1. The average molecular weight is 385 g/mol. The number of aliphatic hydroxyl groups excluding tert-OH is 1. The first kappa shape index (κ1) is 20.7. The van der Waals surface area contributed by atoms with Gasteiger partial charge in [0.2, 0.25) is 0 Å². The number of hydrogen-bond acceptors (Lipinski definition) is 1. The normalized spacial score (nSPS) is 46.8. The molecule has 0 aromatic carbocycles. The van der Waals surface area contributed by atoms with Gasteiger partial charge in [0.05, 0.1) is 6.10 Å². The Labute approximate surface area is 174 Å². The van der Waals surface area contributed by atoms with Crippen molar-refractivity contribution in [1.29, 1.82) is 0 Å². The van der Waals surface area contributed by atoms with Crippen molar-refractivity contribution in [2.75, 3.05) is 0 Å². The largest absolute Gasteiger partial charge is 0.393 e. The third-order valence-electron chi connectivity index (χ3n) is 9.83. The molecule has 0 heterocycles. The molecule has 158 valence electrons. The molecule has 0 aliphatic heterocycles. The van der Waals surface area contributed by atoms with Gasteiger partial charge in [0.25, 0.3) is 0 Å². The predicted octanol–water partition coefficient (Wildman–Crippen LogP) is 7.16. The Morgan fingerprint density at radius 1 is 1.07 bits per heavy atom. The lowest BCUT2D eigenvalue weighted by molar-refractivity contribution is -0.0540. The molecule has 0 saturated heterocycles. The van der Waals surface area contributed by atoms with E-state index in [1.807, 2.05) is 0 Å². The molecular formula is C27H44O. The van der Waals surface area contributed by atoms with E-state index < -0.39 is 0 Å². The molecule has 3 saturated carbocycles. The number of fused-ring (bicyclic) bond motifs is 5. The molecule has 0 aromatic rings. The molecule has 0 aromatic heterocycles. The summed E-state index contributed by atoms with van der Waals surface area (Å²) in [4.78, 5) is 0. The maximum atomic E-state index is 10.2. The molecule has 0 spiro atoms. The van der Waals surface area contributed by atoms with Gasteiger partial charge in [0.15, 0.2) is 0 Å². The van der Waals surface area contributed by atoms with Gasteiger partial charge < -0.3 is 5.11 Å². The van der Waals surface area contributed by atoms with Gasteiger partial charge in [-0.3, -0.25) is 0 Å². The highest BCUT2D eigenvalue weighted by molar-refractivity contribution is 5.25. The summed E-state index contributed by atoms with van der Waals surface area (Å²) >= 11 is 0. The number of aliphatic hydroxyl groups is 1. The third-order valence-corrected chi connectivity index (χ3v) is 9.83. The lowest BCUT2D eigenvalue weighted by Crippen LogP contribution is -2.50. The van der Waals surface area contributed by atoms with Gasteiger partial charge in [-0.25, -0.2) is 0 Å². The lowest BCUT2D eigenvalue weighted by atomic mass is 9.47. The highest BCUT2D eigenvalue weighted by atomic mass is 16.3. The molecule has 3 fully saturated rings. The zero-order valence-electron chi connectivity index (χ0n) is 19.1. The third kappa shape index (κ3) is 3.34. The van der Waals surface area contributed by atoms with E-state index in [2.05, 4.69) is 52.8 Å². The Balaban J connectivity index is 1.53. The van der Waals surface area contributed by atoms with Crippen molar-refractivity contribution >= 4 is 0 Å². The fourth-order valence-corrected chi connectivity index (χ4v) is 8.25.